The molecular formula is C18H26N6O4S. The Bertz CT molecular complexity index is 1100. The van der Waals surface area contributed by atoms with Crippen molar-refractivity contribution in [3.05, 3.63) is 38.9 Å². The maximum absolute atomic E-state index is 12.9. The zero-order valence-electron chi connectivity index (χ0n) is 16.6. The molecule has 1 atom stereocenters. The van der Waals surface area contributed by atoms with Crippen LogP contribution in [0, 0.1) is 5.92 Å². The molecule has 1 unspecified atom stereocenters. The van der Waals surface area contributed by atoms with Gasteiger partial charge in [0.2, 0.25) is 0 Å². The third kappa shape index (κ3) is 4.15. The predicted octanol–water partition coefficient (Wildman–Crippen LogP) is -0.200. The quantitative estimate of drug-likeness (QED) is 0.637. The van der Waals surface area contributed by atoms with E-state index in [1.165, 1.54) is 26.0 Å². The third-order valence-corrected chi connectivity index (χ3v) is 6.95. The van der Waals surface area contributed by atoms with Crippen molar-refractivity contribution in [2.45, 2.75) is 50.2 Å². The number of hydrogen-bond donors (Lipinski definition) is 2. The van der Waals surface area contributed by atoms with Gasteiger partial charge in [-0.1, -0.05) is 6.92 Å². The van der Waals surface area contributed by atoms with E-state index in [1.54, 1.807) is 11.1 Å². The van der Waals surface area contributed by atoms with Crippen molar-refractivity contribution in [3.63, 3.8) is 0 Å². The van der Waals surface area contributed by atoms with Gasteiger partial charge in [-0.15, -0.1) is 0 Å². The highest BCUT2D eigenvalue weighted by Gasteiger charge is 2.30. The van der Waals surface area contributed by atoms with E-state index in [0.717, 1.165) is 16.9 Å². The average molecular weight is 423 g/mol. The molecule has 158 valence electrons. The Hall–Kier alpha value is -2.40. The van der Waals surface area contributed by atoms with Gasteiger partial charge in [0.1, 0.15) is 11.6 Å². The molecule has 2 aliphatic rings. The molecule has 3 heterocycles. The Kier molecular flexibility index (Phi) is 5.11. The average Bonchev–Trinajstić information content (AvgIpc) is 3.19. The fraction of sp³-hybridized carbons (Fsp3) is 0.611. The van der Waals surface area contributed by atoms with Crippen LogP contribution >= 0.6 is 0 Å². The maximum Gasteiger partial charge on any atom is 0.329 e. The Morgan fingerprint density at radius 2 is 2.03 bits per heavy atom. The van der Waals surface area contributed by atoms with Gasteiger partial charge in [0.25, 0.3) is 15.6 Å². The lowest BCUT2D eigenvalue weighted by Gasteiger charge is -2.18. The van der Waals surface area contributed by atoms with E-state index in [4.69, 9.17) is 0 Å². The number of hydrogen-bond acceptors (Lipinski definition) is 6. The number of aryl methyl sites for hydroxylation is 1. The molecule has 10 nitrogen and oxygen atoms in total. The lowest BCUT2D eigenvalue weighted by atomic mass is 10.3. The number of anilines is 1. The minimum Gasteiger partial charge on any atom is -0.356 e. The number of aromatic nitrogens is 4. The second kappa shape index (κ2) is 7.45. The van der Waals surface area contributed by atoms with Crippen LogP contribution < -0.4 is 20.9 Å². The Morgan fingerprint density at radius 3 is 2.69 bits per heavy atom. The van der Waals surface area contributed by atoms with Gasteiger partial charge in [-0.3, -0.25) is 14.3 Å². The molecule has 1 aliphatic heterocycles. The molecule has 2 fully saturated rings. The van der Waals surface area contributed by atoms with Crippen molar-refractivity contribution in [1.82, 2.24) is 23.8 Å². The lowest BCUT2D eigenvalue weighted by Crippen LogP contribution is -2.39. The summed E-state index contributed by atoms with van der Waals surface area (Å²) in [7, 11) is -2.34. The lowest BCUT2D eigenvalue weighted by molar-refractivity contribution is 0.557. The summed E-state index contributed by atoms with van der Waals surface area (Å²) in [5, 5.41) is 0.0513. The first-order valence-corrected chi connectivity index (χ1v) is 11.4. The minimum absolute atomic E-state index is 0.0513. The number of sulfonamides is 1. The number of nitrogens with one attached hydrogen (secondary N) is 2. The molecule has 0 amide bonds. The standard InChI is InChI=1S/C18H26N6O4S/c1-3-14-19-16(11-24(14)9-12-4-5-12)29(27,28)21-13-6-7-23(10-13)15-8-17(25)22(2)18(26)20-15/h8,11-13,21H,3-7,9-10H2,1-2H3,(H,20,26). The molecule has 0 spiro atoms. The van der Waals surface area contributed by atoms with Crippen molar-refractivity contribution in [3.8, 4) is 0 Å². The first kappa shape index (κ1) is 19.9. The van der Waals surface area contributed by atoms with E-state index >= 15 is 0 Å². The number of imidazole rings is 1. The van der Waals surface area contributed by atoms with E-state index in [1.807, 2.05) is 11.5 Å². The highest BCUT2D eigenvalue weighted by molar-refractivity contribution is 7.89. The Morgan fingerprint density at radius 1 is 1.28 bits per heavy atom. The summed E-state index contributed by atoms with van der Waals surface area (Å²) in [5.74, 6) is 1.81. The van der Waals surface area contributed by atoms with Crippen LogP contribution in [-0.4, -0.2) is 46.7 Å². The van der Waals surface area contributed by atoms with E-state index in [2.05, 4.69) is 14.7 Å². The molecule has 4 rings (SSSR count). The molecule has 29 heavy (non-hydrogen) atoms. The molecule has 2 aromatic heterocycles. The van der Waals surface area contributed by atoms with Gasteiger partial charge in [-0.25, -0.2) is 22.9 Å². The molecule has 0 radical (unpaired) electrons. The Balaban J connectivity index is 1.47. The van der Waals surface area contributed by atoms with Gasteiger partial charge < -0.3 is 9.47 Å². The van der Waals surface area contributed by atoms with Gasteiger partial charge in [0.15, 0.2) is 5.03 Å². The van der Waals surface area contributed by atoms with Crippen molar-refractivity contribution in [2.75, 3.05) is 18.0 Å². The fourth-order valence-electron chi connectivity index (χ4n) is 3.65. The highest BCUT2D eigenvalue weighted by atomic mass is 32.2. The van der Waals surface area contributed by atoms with Crippen molar-refractivity contribution < 1.29 is 8.42 Å². The summed E-state index contributed by atoms with van der Waals surface area (Å²) in [4.78, 5) is 32.5. The van der Waals surface area contributed by atoms with Gasteiger partial charge in [-0.05, 0) is 25.2 Å². The zero-order valence-corrected chi connectivity index (χ0v) is 17.4. The molecule has 11 heteroatoms. The van der Waals surface area contributed by atoms with Crippen LogP contribution in [0.2, 0.25) is 0 Å². The normalized spacial score (nSPS) is 19.8. The van der Waals surface area contributed by atoms with Crippen molar-refractivity contribution >= 4 is 15.8 Å². The monoisotopic (exact) mass is 422 g/mol. The maximum atomic E-state index is 12.9. The Labute approximate surface area is 168 Å². The van der Waals surface area contributed by atoms with Crippen LogP contribution in [-0.2, 0) is 30.0 Å². The minimum atomic E-state index is -3.75. The molecule has 1 saturated heterocycles. The molecule has 0 bridgehead atoms. The summed E-state index contributed by atoms with van der Waals surface area (Å²) >= 11 is 0. The SMILES string of the molecule is CCc1nc(S(=O)(=O)NC2CCN(c3cc(=O)n(C)c(=O)[nH]3)C2)cn1CC1CC1. The van der Waals surface area contributed by atoms with Gasteiger partial charge in [0, 0.05) is 51.4 Å². The largest absolute Gasteiger partial charge is 0.356 e. The molecule has 1 saturated carbocycles. The third-order valence-electron chi connectivity index (χ3n) is 5.56. The smallest absolute Gasteiger partial charge is 0.329 e. The van der Waals surface area contributed by atoms with Gasteiger partial charge in [-0.2, -0.15) is 0 Å². The van der Waals surface area contributed by atoms with Crippen LogP contribution in [0.25, 0.3) is 0 Å². The van der Waals surface area contributed by atoms with Gasteiger partial charge >= 0.3 is 5.69 Å². The topological polar surface area (TPSA) is 122 Å². The van der Waals surface area contributed by atoms with Crippen LogP contribution in [0.5, 0.6) is 0 Å². The van der Waals surface area contributed by atoms with E-state index in [-0.39, 0.29) is 11.1 Å². The van der Waals surface area contributed by atoms with E-state index in [9.17, 15) is 18.0 Å². The van der Waals surface area contributed by atoms with Crippen molar-refractivity contribution in [1.29, 1.82) is 0 Å². The van der Waals surface area contributed by atoms with Crippen molar-refractivity contribution in [2.24, 2.45) is 13.0 Å². The summed E-state index contributed by atoms with van der Waals surface area (Å²) in [6, 6.07) is 1.02. The molecule has 1 aliphatic carbocycles. The summed E-state index contributed by atoms with van der Waals surface area (Å²) in [6.07, 6.45) is 5.24. The van der Waals surface area contributed by atoms with Crippen LogP contribution in [0.1, 0.15) is 32.0 Å². The summed E-state index contributed by atoms with van der Waals surface area (Å²) < 4.78 is 31.4. The zero-order chi connectivity index (χ0) is 20.8. The van der Waals surface area contributed by atoms with Crippen LogP contribution in [0.4, 0.5) is 5.82 Å². The van der Waals surface area contributed by atoms with Gasteiger partial charge in [0.05, 0.1) is 0 Å². The molecule has 2 N–H and O–H groups in total. The summed E-state index contributed by atoms with van der Waals surface area (Å²) in [5.41, 5.74) is -0.897. The number of aromatic amines is 1. The van der Waals surface area contributed by atoms with Crippen LogP contribution in [0.3, 0.4) is 0 Å². The molecular weight excluding hydrogens is 396 g/mol. The number of H-pyrrole nitrogens is 1. The van der Waals surface area contributed by atoms with E-state index in [0.29, 0.717) is 37.7 Å². The predicted molar refractivity (Wildman–Crippen MR) is 108 cm³/mol. The first-order valence-electron chi connectivity index (χ1n) is 9.90. The van der Waals surface area contributed by atoms with Crippen LogP contribution in [0.15, 0.2) is 26.9 Å². The molecule has 0 aromatic carbocycles. The first-order chi connectivity index (χ1) is 13.8. The number of nitrogens with zero attached hydrogens (tertiary/aromatic N) is 4. The highest BCUT2D eigenvalue weighted by Crippen LogP contribution is 2.31. The second-order valence-corrected chi connectivity index (χ2v) is 9.52. The number of rotatable bonds is 7. The fourth-order valence-corrected chi connectivity index (χ4v) is 4.89. The second-order valence-electron chi connectivity index (χ2n) is 7.85. The molecule has 2 aromatic rings. The van der Waals surface area contributed by atoms with E-state index < -0.39 is 21.3 Å². The summed E-state index contributed by atoms with van der Waals surface area (Å²) in [6.45, 7) is 3.69.